The molecule has 1 aliphatic heterocycles. The second kappa shape index (κ2) is 9.83. The number of benzene rings is 1. The van der Waals surface area contributed by atoms with Crippen LogP contribution in [0.15, 0.2) is 35.1 Å². The normalized spacial score (nSPS) is 14.1. The number of hydrogen-bond donors (Lipinski definition) is 3. The van der Waals surface area contributed by atoms with Gasteiger partial charge in [-0.2, -0.15) is 10.1 Å². The molecule has 4 rings (SSSR count). The third-order valence-electron chi connectivity index (χ3n) is 4.97. The molecule has 1 aromatic carbocycles. The second-order valence-electron chi connectivity index (χ2n) is 7.30. The number of carbonyl (C=O) groups is 2. The molecule has 0 unspecified atom stereocenters. The van der Waals surface area contributed by atoms with E-state index < -0.39 is 0 Å². The van der Waals surface area contributed by atoms with E-state index in [9.17, 15) is 9.59 Å². The minimum absolute atomic E-state index is 0.0806. The molecular formula is C20H24N8O3. The van der Waals surface area contributed by atoms with E-state index in [1.54, 1.807) is 24.3 Å². The minimum atomic E-state index is -0.180. The largest absolute Gasteiger partial charge is 0.339 e. The summed E-state index contributed by atoms with van der Waals surface area (Å²) in [5.74, 6) is 0.863. The fourth-order valence-corrected chi connectivity index (χ4v) is 3.32. The number of carbonyl (C=O) groups excluding carboxylic acids is 2. The quantitative estimate of drug-likeness (QED) is 0.552. The van der Waals surface area contributed by atoms with Gasteiger partial charge in [0, 0.05) is 37.3 Å². The summed E-state index contributed by atoms with van der Waals surface area (Å²) in [7, 11) is 0. The molecule has 1 saturated heterocycles. The molecule has 0 atom stereocenters. The highest BCUT2D eigenvalue weighted by atomic mass is 16.5. The SMILES string of the molecule is O=C(CCc1nc(-c2ncn[nH]2)no1)Nc1ccc(NC(=O)N2CCCCCC2)cc1. The summed E-state index contributed by atoms with van der Waals surface area (Å²) >= 11 is 0. The molecule has 0 spiro atoms. The lowest BCUT2D eigenvalue weighted by molar-refractivity contribution is -0.116. The first-order valence-corrected chi connectivity index (χ1v) is 10.3. The van der Waals surface area contributed by atoms with Crippen molar-refractivity contribution < 1.29 is 14.1 Å². The number of likely N-dealkylation sites (tertiary alicyclic amines) is 1. The van der Waals surface area contributed by atoms with Crippen molar-refractivity contribution in [1.29, 1.82) is 0 Å². The average molecular weight is 424 g/mol. The summed E-state index contributed by atoms with van der Waals surface area (Å²) in [6.07, 6.45) is 6.28. The molecule has 0 aliphatic carbocycles. The molecule has 162 valence electrons. The number of nitrogens with zero attached hydrogens (tertiary/aromatic N) is 5. The van der Waals surface area contributed by atoms with Gasteiger partial charge in [-0.3, -0.25) is 9.89 Å². The molecule has 3 aromatic rings. The van der Waals surface area contributed by atoms with E-state index in [2.05, 4.69) is 36.0 Å². The van der Waals surface area contributed by atoms with Crippen molar-refractivity contribution in [1.82, 2.24) is 30.2 Å². The lowest BCUT2D eigenvalue weighted by Crippen LogP contribution is -2.35. The van der Waals surface area contributed by atoms with Crippen LogP contribution >= 0.6 is 0 Å². The zero-order chi connectivity index (χ0) is 21.5. The zero-order valence-corrected chi connectivity index (χ0v) is 17.0. The fraction of sp³-hybridized carbons (Fsp3) is 0.400. The van der Waals surface area contributed by atoms with Crippen LogP contribution in [0, 0.1) is 0 Å². The number of hydrogen-bond acceptors (Lipinski definition) is 7. The average Bonchev–Trinajstić information content (AvgIpc) is 3.40. The third kappa shape index (κ3) is 5.65. The standard InChI is InChI=1S/C20H24N8O3/c29-16(9-10-17-25-19(27-31-17)18-21-13-22-26-18)23-14-5-7-15(8-6-14)24-20(30)28-11-3-1-2-4-12-28/h5-8,13H,1-4,9-12H2,(H,23,29)(H,24,30)(H,21,22,26). The predicted molar refractivity (Wildman–Crippen MR) is 112 cm³/mol. The number of urea groups is 1. The molecule has 0 saturated carbocycles. The Bertz CT molecular complexity index is 992. The Hall–Kier alpha value is -3.76. The van der Waals surface area contributed by atoms with E-state index in [1.807, 2.05) is 4.90 Å². The predicted octanol–water partition coefficient (Wildman–Crippen LogP) is 2.83. The first-order chi connectivity index (χ1) is 15.2. The van der Waals surface area contributed by atoms with Crippen molar-refractivity contribution in [3.8, 4) is 11.6 Å². The Labute approximate surface area is 178 Å². The van der Waals surface area contributed by atoms with E-state index in [0.717, 1.165) is 25.9 Å². The van der Waals surface area contributed by atoms with Crippen molar-refractivity contribution in [2.75, 3.05) is 23.7 Å². The third-order valence-corrected chi connectivity index (χ3v) is 4.97. The zero-order valence-electron chi connectivity index (χ0n) is 17.0. The lowest BCUT2D eigenvalue weighted by atomic mass is 10.2. The first kappa shape index (κ1) is 20.5. The Morgan fingerprint density at radius 3 is 2.42 bits per heavy atom. The molecule has 3 heterocycles. The second-order valence-corrected chi connectivity index (χ2v) is 7.30. The molecule has 3 N–H and O–H groups in total. The van der Waals surface area contributed by atoms with Crippen LogP contribution in [0.3, 0.4) is 0 Å². The summed E-state index contributed by atoms with van der Waals surface area (Å²) in [5.41, 5.74) is 1.34. The smallest absolute Gasteiger partial charge is 0.321 e. The van der Waals surface area contributed by atoms with E-state index in [4.69, 9.17) is 4.52 Å². The van der Waals surface area contributed by atoms with Gasteiger partial charge in [-0.25, -0.2) is 9.78 Å². The van der Waals surface area contributed by atoms with Gasteiger partial charge < -0.3 is 20.1 Å². The van der Waals surface area contributed by atoms with Gasteiger partial charge in [0.2, 0.25) is 17.6 Å². The molecule has 1 fully saturated rings. The number of aromatic amines is 1. The van der Waals surface area contributed by atoms with Crippen molar-refractivity contribution in [3.63, 3.8) is 0 Å². The molecule has 2 aromatic heterocycles. The Morgan fingerprint density at radius 2 is 1.74 bits per heavy atom. The van der Waals surface area contributed by atoms with Crippen molar-refractivity contribution in [2.45, 2.75) is 38.5 Å². The summed E-state index contributed by atoms with van der Waals surface area (Å²) in [6.45, 7) is 1.58. The van der Waals surface area contributed by atoms with Crippen LogP contribution < -0.4 is 10.6 Å². The van der Waals surface area contributed by atoms with Crippen LogP contribution in [0.25, 0.3) is 11.6 Å². The number of aryl methyl sites for hydroxylation is 1. The highest BCUT2D eigenvalue weighted by molar-refractivity contribution is 5.92. The summed E-state index contributed by atoms with van der Waals surface area (Å²) in [4.78, 5) is 34.6. The van der Waals surface area contributed by atoms with Gasteiger partial charge in [0.15, 0.2) is 5.82 Å². The molecule has 31 heavy (non-hydrogen) atoms. The van der Waals surface area contributed by atoms with E-state index in [0.29, 0.717) is 35.3 Å². The molecule has 1 aliphatic rings. The van der Waals surface area contributed by atoms with Crippen LogP contribution in [0.2, 0.25) is 0 Å². The van der Waals surface area contributed by atoms with E-state index in [1.165, 1.54) is 19.2 Å². The van der Waals surface area contributed by atoms with Crippen LogP contribution in [0.5, 0.6) is 0 Å². The maximum absolute atomic E-state index is 12.4. The lowest BCUT2D eigenvalue weighted by Gasteiger charge is -2.20. The van der Waals surface area contributed by atoms with Gasteiger partial charge in [0.25, 0.3) is 0 Å². The summed E-state index contributed by atoms with van der Waals surface area (Å²) < 4.78 is 5.13. The first-order valence-electron chi connectivity index (χ1n) is 10.3. The minimum Gasteiger partial charge on any atom is -0.339 e. The maximum Gasteiger partial charge on any atom is 0.321 e. The van der Waals surface area contributed by atoms with Crippen LogP contribution in [-0.4, -0.2) is 55.2 Å². The van der Waals surface area contributed by atoms with Gasteiger partial charge in [-0.1, -0.05) is 18.0 Å². The van der Waals surface area contributed by atoms with Gasteiger partial charge in [0.05, 0.1) is 0 Å². The highest BCUT2D eigenvalue weighted by Crippen LogP contribution is 2.17. The van der Waals surface area contributed by atoms with Gasteiger partial charge in [-0.15, -0.1) is 0 Å². The van der Waals surface area contributed by atoms with E-state index in [-0.39, 0.29) is 18.4 Å². The van der Waals surface area contributed by atoms with Crippen LogP contribution in [0.1, 0.15) is 38.0 Å². The number of H-pyrrole nitrogens is 1. The molecule has 3 amide bonds. The molecule has 0 radical (unpaired) electrons. The number of aromatic nitrogens is 5. The van der Waals surface area contributed by atoms with E-state index >= 15 is 0 Å². The van der Waals surface area contributed by atoms with Gasteiger partial charge >= 0.3 is 6.03 Å². The Morgan fingerprint density at radius 1 is 1.03 bits per heavy atom. The number of nitrogens with one attached hydrogen (secondary N) is 3. The number of amides is 3. The van der Waals surface area contributed by atoms with Crippen LogP contribution in [-0.2, 0) is 11.2 Å². The Kier molecular flexibility index (Phi) is 6.50. The van der Waals surface area contributed by atoms with Gasteiger partial charge in [0.1, 0.15) is 6.33 Å². The van der Waals surface area contributed by atoms with Crippen molar-refractivity contribution in [3.05, 3.63) is 36.5 Å². The number of anilines is 2. The molecule has 0 bridgehead atoms. The number of rotatable bonds is 6. The monoisotopic (exact) mass is 424 g/mol. The van der Waals surface area contributed by atoms with Gasteiger partial charge in [-0.05, 0) is 37.1 Å². The van der Waals surface area contributed by atoms with Crippen molar-refractivity contribution in [2.24, 2.45) is 0 Å². The molecule has 11 heteroatoms. The molecular weight excluding hydrogens is 400 g/mol. The Balaban J connectivity index is 1.24. The van der Waals surface area contributed by atoms with Crippen LogP contribution in [0.4, 0.5) is 16.2 Å². The maximum atomic E-state index is 12.4. The highest BCUT2D eigenvalue weighted by Gasteiger charge is 2.16. The summed E-state index contributed by atoms with van der Waals surface area (Å²) in [6, 6.07) is 6.97. The topological polar surface area (TPSA) is 142 Å². The van der Waals surface area contributed by atoms with Crippen molar-refractivity contribution >= 4 is 23.3 Å². The molecule has 11 nitrogen and oxygen atoms in total. The summed E-state index contributed by atoms with van der Waals surface area (Å²) in [5, 5.41) is 15.9. The fourth-order valence-electron chi connectivity index (χ4n) is 3.32.